The number of hydrogen-bond acceptors (Lipinski definition) is 4. The molecule has 0 saturated carbocycles. The molecule has 2 N–H and O–H groups in total. The molecular weight excluding hydrogens is 372 g/mol. The fraction of sp³-hybridized carbons (Fsp3) is 0.278. The summed E-state index contributed by atoms with van der Waals surface area (Å²) in [6.45, 7) is 1.48. The smallest absolute Gasteiger partial charge is 0.221 e. The second-order valence-electron chi connectivity index (χ2n) is 5.03. The second-order valence-corrected chi connectivity index (χ2v) is 5.88. The second kappa shape index (κ2) is 9.82. The highest BCUT2D eigenvalue weighted by Crippen LogP contribution is 2.20. The largest absolute Gasteiger partial charge is 0.497 e. The fourth-order valence-corrected chi connectivity index (χ4v) is 2.46. The van der Waals surface area contributed by atoms with Gasteiger partial charge in [0.25, 0.3) is 0 Å². The number of hydrogen-bond donors (Lipinski definition) is 2. The Kier molecular flexibility index (Phi) is 7.42. The van der Waals surface area contributed by atoms with Crippen molar-refractivity contribution in [2.45, 2.75) is 6.42 Å². The van der Waals surface area contributed by atoms with Crippen molar-refractivity contribution in [1.82, 2.24) is 5.32 Å². The number of methoxy groups -OCH3 is 1. The summed E-state index contributed by atoms with van der Waals surface area (Å²) in [4.78, 5) is 11.8. The summed E-state index contributed by atoms with van der Waals surface area (Å²) >= 11 is 3.46. The zero-order valence-corrected chi connectivity index (χ0v) is 15.1. The maximum absolute atomic E-state index is 11.8. The van der Waals surface area contributed by atoms with Crippen molar-refractivity contribution in [2.24, 2.45) is 0 Å². The van der Waals surface area contributed by atoms with Crippen LogP contribution in [0.15, 0.2) is 53.0 Å². The lowest BCUT2D eigenvalue weighted by molar-refractivity contribution is -0.120. The van der Waals surface area contributed by atoms with Crippen molar-refractivity contribution < 1.29 is 14.3 Å². The SMILES string of the molecule is COc1ccc(OCCNC(=O)CCNc2ccccc2Br)cc1. The molecule has 128 valence electrons. The number of amides is 1. The topological polar surface area (TPSA) is 59.6 Å². The maximum atomic E-state index is 11.8. The van der Waals surface area contributed by atoms with Crippen LogP contribution in [0.5, 0.6) is 11.5 Å². The minimum atomic E-state index is -0.00659. The molecule has 2 rings (SSSR count). The van der Waals surface area contributed by atoms with Crippen LogP contribution in [0.25, 0.3) is 0 Å². The molecule has 0 fully saturated rings. The van der Waals surface area contributed by atoms with Gasteiger partial charge in [0.1, 0.15) is 18.1 Å². The number of ether oxygens (including phenoxy) is 2. The molecule has 0 unspecified atom stereocenters. The van der Waals surface area contributed by atoms with E-state index in [1.807, 2.05) is 48.5 Å². The zero-order chi connectivity index (χ0) is 17.2. The molecule has 1 amide bonds. The Hall–Kier alpha value is -2.21. The van der Waals surface area contributed by atoms with Crippen LogP contribution in [0.2, 0.25) is 0 Å². The van der Waals surface area contributed by atoms with Crippen LogP contribution in [0.1, 0.15) is 6.42 Å². The van der Waals surface area contributed by atoms with Crippen LogP contribution in [-0.2, 0) is 4.79 Å². The Bertz CT molecular complexity index is 647. The molecule has 0 saturated heterocycles. The molecule has 24 heavy (non-hydrogen) atoms. The monoisotopic (exact) mass is 392 g/mol. The molecule has 0 bridgehead atoms. The van der Waals surface area contributed by atoms with E-state index in [0.717, 1.165) is 21.7 Å². The molecule has 0 aliphatic heterocycles. The first-order chi connectivity index (χ1) is 11.7. The van der Waals surface area contributed by atoms with Crippen LogP contribution in [0.4, 0.5) is 5.69 Å². The van der Waals surface area contributed by atoms with Gasteiger partial charge >= 0.3 is 0 Å². The molecular formula is C18H21BrN2O3. The zero-order valence-electron chi connectivity index (χ0n) is 13.5. The first-order valence-electron chi connectivity index (χ1n) is 7.71. The Morgan fingerprint density at radius 3 is 2.46 bits per heavy atom. The number of anilines is 1. The van der Waals surface area contributed by atoms with Crippen molar-refractivity contribution in [3.05, 3.63) is 53.0 Å². The van der Waals surface area contributed by atoms with E-state index < -0.39 is 0 Å². The van der Waals surface area contributed by atoms with Crippen LogP contribution >= 0.6 is 15.9 Å². The van der Waals surface area contributed by atoms with Gasteiger partial charge in [0, 0.05) is 23.1 Å². The first-order valence-corrected chi connectivity index (χ1v) is 8.50. The highest BCUT2D eigenvalue weighted by atomic mass is 79.9. The number of carbonyl (C=O) groups excluding carboxylic acids is 1. The predicted molar refractivity (Wildman–Crippen MR) is 98.7 cm³/mol. The quantitative estimate of drug-likeness (QED) is 0.641. The van der Waals surface area contributed by atoms with E-state index in [4.69, 9.17) is 9.47 Å². The molecule has 0 heterocycles. The fourth-order valence-electron chi connectivity index (χ4n) is 2.03. The van der Waals surface area contributed by atoms with Crippen LogP contribution < -0.4 is 20.1 Å². The van der Waals surface area contributed by atoms with Crippen LogP contribution in [0.3, 0.4) is 0 Å². The van der Waals surface area contributed by atoms with Gasteiger partial charge in [0.05, 0.1) is 13.7 Å². The summed E-state index contributed by atoms with van der Waals surface area (Å²) in [5.41, 5.74) is 0.980. The van der Waals surface area contributed by atoms with E-state index >= 15 is 0 Å². The Morgan fingerprint density at radius 1 is 1.04 bits per heavy atom. The lowest BCUT2D eigenvalue weighted by Crippen LogP contribution is -2.29. The van der Waals surface area contributed by atoms with Gasteiger partial charge in [-0.15, -0.1) is 0 Å². The van der Waals surface area contributed by atoms with E-state index in [2.05, 4.69) is 26.6 Å². The molecule has 0 aliphatic carbocycles. The molecule has 2 aromatic carbocycles. The van der Waals surface area contributed by atoms with Gasteiger partial charge in [-0.3, -0.25) is 4.79 Å². The average Bonchev–Trinajstić information content (AvgIpc) is 2.61. The van der Waals surface area contributed by atoms with Gasteiger partial charge in [-0.2, -0.15) is 0 Å². The number of rotatable bonds is 9. The van der Waals surface area contributed by atoms with Gasteiger partial charge in [0.2, 0.25) is 5.91 Å². The van der Waals surface area contributed by atoms with Crippen LogP contribution in [-0.4, -0.2) is 32.7 Å². The van der Waals surface area contributed by atoms with Crippen molar-refractivity contribution in [3.8, 4) is 11.5 Å². The Balaban J connectivity index is 1.58. The van der Waals surface area contributed by atoms with Gasteiger partial charge in [-0.05, 0) is 52.3 Å². The van der Waals surface area contributed by atoms with Crippen molar-refractivity contribution in [3.63, 3.8) is 0 Å². The van der Waals surface area contributed by atoms with E-state index in [0.29, 0.717) is 26.1 Å². The molecule has 0 atom stereocenters. The number of halogens is 1. The number of nitrogens with one attached hydrogen (secondary N) is 2. The molecule has 0 spiro atoms. The highest BCUT2D eigenvalue weighted by molar-refractivity contribution is 9.10. The molecule has 2 aromatic rings. The van der Waals surface area contributed by atoms with Gasteiger partial charge in [-0.25, -0.2) is 0 Å². The molecule has 0 aliphatic rings. The molecule has 0 aromatic heterocycles. The lowest BCUT2D eigenvalue weighted by atomic mass is 10.3. The lowest BCUT2D eigenvalue weighted by Gasteiger charge is -2.10. The summed E-state index contributed by atoms with van der Waals surface area (Å²) in [5, 5.41) is 6.06. The Morgan fingerprint density at radius 2 is 1.75 bits per heavy atom. The number of carbonyl (C=O) groups is 1. The summed E-state index contributed by atoms with van der Waals surface area (Å²) in [6.07, 6.45) is 0.407. The van der Waals surface area contributed by atoms with Gasteiger partial charge in [-0.1, -0.05) is 12.1 Å². The average molecular weight is 393 g/mol. The summed E-state index contributed by atoms with van der Waals surface area (Å²) in [5.74, 6) is 1.53. The number of benzene rings is 2. The van der Waals surface area contributed by atoms with Crippen LogP contribution in [0, 0.1) is 0 Å². The van der Waals surface area contributed by atoms with E-state index in [9.17, 15) is 4.79 Å². The first kappa shape index (κ1) is 18.1. The normalized spacial score (nSPS) is 10.1. The maximum Gasteiger partial charge on any atom is 0.221 e. The minimum absolute atomic E-state index is 0.00659. The summed E-state index contributed by atoms with van der Waals surface area (Å²) in [7, 11) is 1.62. The predicted octanol–water partition coefficient (Wildman–Crippen LogP) is 3.45. The minimum Gasteiger partial charge on any atom is -0.497 e. The third-order valence-corrected chi connectivity index (χ3v) is 3.99. The standard InChI is InChI=1S/C18H21BrN2O3/c1-23-14-6-8-15(9-7-14)24-13-12-21-18(22)10-11-20-17-5-3-2-4-16(17)19/h2-9,20H,10-13H2,1H3,(H,21,22). The molecule has 5 nitrogen and oxygen atoms in total. The van der Waals surface area contributed by atoms with Crippen molar-refractivity contribution >= 4 is 27.5 Å². The third-order valence-electron chi connectivity index (χ3n) is 3.29. The number of para-hydroxylation sites is 1. The van der Waals surface area contributed by atoms with E-state index in [-0.39, 0.29) is 5.91 Å². The molecule has 0 radical (unpaired) electrons. The van der Waals surface area contributed by atoms with Gasteiger partial charge in [0.15, 0.2) is 0 Å². The Labute approximate surface area is 150 Å². The van der Waals surface area contributed by atoms with E-state index in [1.54, 1.807) is 7.11 Å². The van der Waals surface area contributed by atoms with Gasteiger partial charge < -0.3 is 20.1 Å². The summed E-state index contributed by atoms with van der Waals surface area (Å²) in [6, 6.07) is 15.2. The van der Waals surface area contributed by atoms with Crippen molar-refractivity contribution in [1.29, 1.82) is 0 Å². The summed E-state index contributed by atoms with van der Waals surface area (Å²) < 4.78 is 11.6. The third kappa shape index (κ3) is 6.12. The molecule has 6 heteroatoms. The van der Waals surface area contributed by atoms with E-state index in [1.165, 1.54) is 0 Å². The van der Waals surface area contributed by atoms with Crippen molar-refractivity contribution in [2.75, 3.05) is 32.1 Å². The highest BCUT2D eigenvalue weighted by Gasteiger charge is 2.02.